The first kappa shape index (κ1) is 13.5. The van der Waals surface area contributed by atoms with Gasteiger partial charge >= 0.3 is 0 Å². The summed E-state index contributed by atoms with van der Waals surface area (Å²) in [6, 6.07) is 0. The molecule has 1 rings (SSSR count). The van der Waals surface area contributed by atoms with Crippen molar-refractivity contribution in [1.29, 1.82) is 0 Å². The molecule has 1 amide bonds. The van der Waals surface area contributed by atoms with Crippen LogP contribution in [0.25, 0.3) is 0 Å². The van der Waals surface area contributed by atoms with Gasteiger partial charge in [0.1, 0.15) is 0 Å². The molecule has 1 aliphatic rings. The fourth-order valence-electron chi connectivity index (χ4n) is 2.12. The molecular weight excluding hydrogens is 204 g/mol. The highest BCUT2D eigenvalue weighted by Crippen LogP contribution is 2.14. The highest BCUT2D eigenvalue weighted by atomic mass is 16.5. The Kier molecular flexibility index (Phi) is 5.77. The average molecular weight is 228 g/mol. The lowest BCUT2D eigenvalue weighted by Gasteiger charge is -2.34. The fourth-order valence-corrected chi connectivity index (χ4v) is 2.12. The Hall–Kier alpha value is -0.610. The van der Waals surface area contributed by atoms with E-state index in [1.165, 1.54) is 0 Å². The minimum absolute atomic E-state index is 0.000561. The summed E-state index contributed by atoms with van der Waals surface area (Å²) in [6.07, 6.45) is 3.07. The molecule has 4 nitrogen and oxygen atoms in total. The van der Waals surface area contributed by atoms with Gasteiger partial charge in [-0.05, 0) is 12.8 Å². The van der Waals surface area contributed by atoms with Gasteiger partial charge < -0.3 is 15.4 Å². The third kappa shape index (κ3) is 3.46. The maximum absolute atomic E-state index is 12.2. The van der Waals surface area contributed by atoms with Crippen LogP contribution in [-0.4, -0.2) is 43.2 Å². The minimum atomic E-state index is 0.000561. The summed E-state index contributed by atoms with van der Waals surface area (Å²) in [5.41, 5.74) is 5.65. The van der Waals surface area contributed by atoms with Crippen molar-refractivity contribution in [3.63, 3.8) is 0 Å². The zero-order valence-corrected chi connectivity index (χ0v) is 10.4. The maximum atomic E-state index is 12.2. The Morgan fingerprint density at radius 3 is 2.88 bits per heavy atom. The van der Waals surface area contributed by atoms with Crippen LogP contribution in [0.4, 0.5) is 0 Å². The first-order chi connectivity index (χ1) is 7.72. The summed E-state index contributed by atoms with van der Waals surface area (Å²) in [4.78, 5) is 14.1. The van der Waals surface area contributed by atoms with E-state index < -0.39 is 0 Å². The van der Waals surface area contributed by atoms with Crippen LogP contribution in [0, 0.1) is 5.92 Å². The average Bonchev–Trinajstić information content (AvgIpc) is 2.35. The van der Waals surface area contributed by atoms with Gasteiger partial charge in [-0.3, -0.25) is 4.79 Å². The lowest BCUT2D eigenvalue weighted by atomic mass is 10.0. The van der Waals surface area contributed by atoms with Gasteiger partial charge in [0.05, 0.1) is 18.6 Å². The molecule has 0 aromatic heterocycles. The van der Waals surface area contributed by atoms with E-state index in [-0.39, 0.29) is 17.9 Å². The molecule has 0 bridgehead atoms. The Bertz CT molecular complexity index is 221. The van der Waals surface area contributed by atoms with Crippen LogP contribution < -0.4 is 5.73 Å². The van der Waals surface area contributed by atoms with Crippen molar-refractivity contribution in [3.05, 3.63) is 0 Å². The van der Waals surface area contributed by atoms with Crippen molar-refractivity contribution in [2.24, 2.45) is 11.7 Å². The Morgan fingerprint density at radius 2 is 2.31 bits per heavy atom. The predicted molar refractivity (Wildman–Crippen MR) is 64.1 cm³/mol. The SMILES string of the molecule is CCCC(CN)C(=O)N1CCOC(CC)C1. The van der Waals surface area contributed by atoms with Crippen molar-refractivity contribution < 1.29 is 9.53 Å². The van der Waals surface area contributed by atoms with E-state index in [4.69, 9.17) is 10.5 Å². The molecule has 0 aromatic carbocycles. The molecule has 1 fully saturated rings. The summed E-state index contributed by atoms with van der Waals surface area (Å²) >= 11 is 0. The smallest absolute Gasteiger partial charge is 0.227 e. The van der Waals surface area contributed by atoms with Crippen LogP contribution in [0.3, 0.4) is 0 Å². The molecule has 2 N–H and O–H groups in total. The zero-order valence-electron chi connectivity index (χ0n) is 10.4. The molecule has 0 aromatic rings. The fraction of sp³-hybridized carbons (Fsp3) is 0.917. The molecule has 2 atom stereocenters. The van der Waals surface area contributed by atoms with E-state index in [2.05, 4.69) is 13.8 Å². The van der Waals surface area contributed by atoms with E-state index in [0.717, 1.165) is 32.4 Å². The van der Waals surface area contributed by atoms with Gasteiger partial charge in [0.2, 0.25) is 5.91 Å². The molecule has 4 heteroatoms. The van der Waals surface area contributed by atoms with Crippen LogP contribution in [0.5, 0.6) is 0 Å². The standard InChI is InChI=1S/C12H24N2O2/c1-3-5-10(8-13)12(15)14-6-7-16-11(4-2)9-14/h10-11H,3-9,13H2,1-2H3. The quantitative estimate of drug-likeness (QED) is 0.763. The third-order valence-electron chi connectivity index (χ3n) is 3.18. The molecule has 16 heavy (non-hydrogen) atoms. The molecule has 2 unspecified atom stereocenters. The number of amides is 1. The molecule has 94 valence electrons. The number of nitrogens with two attached hydrogens (primary N) is 1. The van der Waals surface area contributed by atoms with Crippen molar-refractivity contribution in [2.45, 2.75) is 39.2 Å². The third-order valence-corrected chi connectivity index (χ3v) is 3.18. The number of carbonyl (C=O) groups is 1. The zero-order chi connectivity index (χ0) is 12.0. The van der Waals surface area contributed by atoms with E-state index in [1.54, 1.807) is 0 Å². The Morgan fingerprint density at radius 1 is 1.56 bits per heavy atom. The summed E-state index contributed by atoms with van der Waals surface area (Å²) in [5, 5.41) is 0. The second kappa shape index (κ2) is 6.86. The largest absolute Gasteiger partial charge is 0.375 e. The van der Waals surface area contributed by atoms with Crippen LogP contribution in [-0.2, 0) is 9.53 Å². The topological polar surface area (TPSA) is 55.6 Å². The van der Waals surface area contributed by atoms with E-state index in [1.807, 2.05) is 4.90 Å². The lowest BCUT2D eigenvalue weighted by Crippen LogP contribution is -2.48. The van der Waals surface area contributed by atoms with Crippen molar-refractivity contribution in [3.8, 4) is 0 Å². The molecule has 0 radical (unpaired) electrons. The predicted octanol–water partition coefficient (Wildman–Crippen LogP) is 0.999. The van der Waals surface area contributed by atoms with Crippen molar-refractivity contribution >= 4 is 5.91 Å². The lowest BCUT2D eigenvalue weighted by molar-refractivity contribution is -0.143. The van der Waals surface area contributed by atoms with Crippen molar-refractivity contribution in [1.82, 2.24) is 4.90 Å². The van der Waals surface area contributed by atoms with E-state index >= 15 is 0 Å². The van der Waals surface area contributed by atoms with Gasteiger partial charge in [-0.25, -0.2) is 0 Å². The Labute approximate surface area is 98.1 Å². The van der Waals surface area contributed by atoms with E-state index in [9.17, 15) is 4.79 Å². The maximum Gasteiger partial charge on any atom is 0.227 e. The van der Waals surface area contributed by atoms with Crippen LogP contribution in [0.1, 0.15) is 33.1 Å². The number of ether oxygens (including phenoxy) is 1. The second-order valence-electron chi connectivity index (χ2n) is 4.41. The first-order valence-corrected chi connectivity index (χ1v) is 6.33. The first-order valence-electron chi connectivity index (χ1n) is 6.33. The number of nitrogens with zero attached hydrogens (tertiary/aromatic N) is 1. The molecule has 1 heterocycles. The van der Waals surface area contributed by atoms with E-state index in [0.29, 0.717) is 13.2 Å². The van der Waals surface area contributed by atoms with Gasteiger partial charge in [-0.15, -0.1) is 0 Å². The number of carbonyl (C=O) groups excluding carboxylic acids is 1. The van der Waals surface area contributed by atoms with Gasteiger partial charge in [0.15, 0.2) is 0 Å². The second-order valence-corrected chi connectivity index (χ2v) is 4.41. The molecule has 1 aliphatic heterocycles. The number of rotatable bonds is 5. The number of hydrogen-bond acceptors (Lipinski definition) is 3. The Balaban J connectivity index is 2.51. The summed E-state index contributed by atoms with van der Waals surface area (Å²) in [5.74, 6) is 0.215. The molecule has 1 saturated heterocycles. The summed E-state index contributed by atoms with van der Waals surface area (Å²) < 4.78 is 5.56. The van der Waals surface area contributed by atoms with Crippen LogP contribution in [0.15, 0.2) is 0 Å². The van der Waals surface area contributed by atoms with Gasteiger partial charge in [-0.1, -0.05) is 20.3 Å². The highest BCUT2D eigenvalue weighted by Gasteiger charge is 2.27. The highest BCUT2D eigenvalue weighted by molar-refractivity contribution is 5.79. The van der Waals surface area contributed by atoms with Crippen LogP contribution in [0.2, 0.25) is 0 Å². The van der Waals surface area contributed by atoms with Crippen molar-refractivity contribution in [2.75, 3.05) is 26.2 Å². The van der Waals surface area contributed by atoms with Crippen LogP contribution >= 0.6 is 0 Å². The summed E-state index contributed by atoms with van der Waals surface area (Å²) in [7, 11) is 0. The molecule has 0 saturated carbocycles. The van der Waals surface area contributed by atoms with Gasteiger partial charge in [0.25, 0.3) is 0 Å². The summed E-state index contributed by atoms with van der Waals surface area (Å²) in [6.45, 7) is 6.74. The van der Waals surface area contributed by atoms with Gasteiger partial charge in [-0.2, -0.15) is 0 Å². The monoisotopic (exact) mass is 228 g/mol. The number of hydrogen-bond donors (Lipinski definition) is 1. The molecule has 0 aliphatic carbocycles. The molecule has 0 spiro atoms. The number of morpholine rings is 1. The van der Waals surface area contributed by atoms with Gasteiger partial charge in [0, 0.05) is 19.6 Å². The molecular formula is C12H24N2O2. The normalized spacial score (nSPS) is 23.2. The minimum Gasteiger partial charge on any atom is -0.375 e.